The minimum atomic E-state index is -1.76. The molecule has 0 aromatic heterocycles. The van der Waals surface area contributed by atoms with Crippen LogP contribution in [0.25, 0.3) is 0 Å². The van der Waals surface area contributed by atoms with Gasteiger partial charge in [-0.15, -0.1) is 0 Å². The summed E-state index contributed by atoms with van der Waals surface area (Å²) in [5.74, 6) is -0.914. The molecule has 2 fully saturated rings. The lowest BCUT2D eigenvalue weighted by molar-refractivity contribution is -0.332. The summed E-state index contributed by atoms with van der Waals surface area (Å²) in [4.78, 5) is 25.7. The second-order valence-corrected chi connectivity index (χ2v) is 17.7. The molecule has 2 saturated heterocycles. The largest absolute Gasteiger partial charge is 0.462 e. The summed E-state index contributed by atoms with van der Waals surface area (Å²) in [5.41, 5.74) is 0. The Labute approximate surface area is 372 Å². The van der Waals surface area contributed by atoms with Crippen molar-refractivity contribution < 1.29 is 73.8 Å². The number of esters is 2. The first-order valence-corrected chi connectivity index (χ1v) is 24.6. The summed E-state index contributed by atoms with van der Waals surface area (Å²) in [5, 5.41) is 71.9. The molecule has 0 radical (unpaired) electrons. The smallest absolute Gasteiger partial charge is 0.306 e. The van der Waals surface area contributed by atoms with Crippen LogP contribution >= 0.6 is 0 Å². The molecule has 2 aliphatic heterocycles. The third-order valence-electron chi connectivity index (χ3n) is 12.1. The molecular formula is C47H88O15. The van der Waals surface area contributed by atoms with Crippen LogP contribution < -0.4 is 0 Å². The van der Waals surface area contributed by atoms with E-state index in [1.807, 2.05) is 0 Å². The van der Waals surface area contributed by atoms with Gasteiger partial charge in [0.25, 0.3) is 0 Å². The Morgan fingerprint density at radius 1 is 0.452 bits per heavy atom. The molecular weight excluding hydrogens is 805 g/mol. The average molecular weight is 893 g/mol. The molecule has 15 heteroatoms. The van der Waals surface area contributed by atoms with Crippen LogP contribution in [0.5, 0.6) is 0 Å². The maximum absolute atomic E-state index is 13.0. The topological polar surface area (TPSA) is 231 Å². The highest BCUT2D eigenvalue weighted by atomic mass is 16.7. The van der Waals surface area contributed by atoms with Crippen LogP contribution in [0.4, 0.5) is 0 Å². The van der Waals surface area contributed by atoms with Crippen LogP contribution in [0.3, 0.4) is 0 Å². The molecule has 2 aliphatic rings. The third-order valence-corrected chi connectivity index (χ3v) is 12.1. The molecule has 2 heterocycles. The van der Waals surface area contributed by atoms with E-state index in [9.17, 15) is 45.3 Å². The van der Waals surface area contributed by atoms with Gasteiger partial charge in [0.2, 0.25) is 0 Å². The van der Waals surface area contributed by atoms with Crippen molar-refractivity contribution in [3.05, 3.63) is 0 Å². The molecule has 0 spiro atoms. The van der Waals surface area contributed by atoms with Crippen LogP contribution in [-0.4, -0.2) is 142 Å². The zero-order valence-electron chi connectivity index (χ0n) is 38.4. The van der Waals surface area contributed by atoms with Gasteiger partial charge in [0.1, 0.15) is 55.4 Å². The Balaban J connectivity index is 1.82. The van der Waals surface area contributed by atoms with Gasteiger partial charge in [0, 0.05) is 12.8 Å². The van der Waals surface area contributed by atoms with Crippen LogP contribution in [-0.2, 0) is 38.0 Å². The standard InChI is InChI=1S/C47H88O15/c1-3-5-7-9-11-13-15-16-17-18-20-22-24-26-28-30-39(50)60-35(32-57-38(49)29-27-25-23-21-19-14-12-10-8-6-4-2)33-58-46-45(56)43(54)41(52)37(62-46)34-59-47-44(55)42(53)40(51)36(31-48)61-47/h35-37,40-48,51-56H,3-34H2,1-2H3/t35-,36-,37-,40+,41+,42?,43?,44?,45?,46-,47-/m1/s1. The minimum absolute atomic E-state index is 0.173. The van der Waals surface area contributed by atoms with Gasteiger partial charge in [-0.2, -0.15) is 0 Å². The maximum atomic E-state index is 13.0. The van der Waals surface area contributed by atoms with Crippen molar-refractivity contribution in [2.45, 2.75) is 261 Å². The van der Waals surface area contributed by atoms with E-state index in [1.54, 1.807) is 0 Å². The lowest BCUT2D eigenvalue weighted by Crippen LogP contribution is -2.61. The SMILES string of the molecule is CCCCCCCCCCCCCCCCCC(=O)O[C@H](COC(=O)CCCCCCCCCCCCC)CO[C@@H]1O[C@H](CO[C@@H]2O[C@H](CO)[C@H](O)C(O)C2O)[C@H](O)C(O)C1O. The molecule has 15 nitrogen and oxygen atoms in total. The number of hydrogen-bond donors (Lipinski definition) is 7. The molecule has 366 valence electrons. The molecule has 4 unspecified atom stereocenters. The Hall–Kier alpha value is -1.50. The molecule has 0 aromatic rings. The average Bonchev–Trinajstić information content (AvgIpc) is 3.26. The van der Waals surface area contributed by atoms with Crippen molar-refractivity contribution in [1.82, 2.24) is 0 Å². The zero-order valence-corrected chi connectivity index (χ0v) is 38.4. The number of rotatable bonds is 38. The van der Waals surface area contributed by atoms with Crippen LogP contribution in [0.2, 0.25) is 0 Å². The summed E-state index contributed by atoms with van der Waals surface area (Å²) < 4.78 is 33.5. The first kappa shape index (κ1) is 56.6. The van der Waals surface area contributed by atoms with Gasteiger partial charge in [0.05, 0.1) is 19.8 Å². The Morgan fingerprint density at radius 3 is 1.26 bits per heavy atom. The molecule has 0 aromatic carbocycles. The van der Waals surface area contributed by atoms with E-state index in [-0.39, 0.29) is 26.1 Å². The fourth-order valence-electron chi connectivity index (χ4n) is 7.98. The van der Waals surface area contributed by atoms with E-state index in [0.29, 0.717) is 12.8 Å². The third kappa shape index (κ3) is 24.1. The van der Waals surface area contributed by atoms with Gasteiger partial charge in [-0.3, -0.25) is 9.59 Å². The van der Waals surface area contributed by atoms with Gasteiger partial charge in [-0.1, -0.05) is 168 Å². The van der Waals surface area contributed by atoms with Crippen LogP contribution in [0.1, 0.15) is 194 Å². The van der Waals surface area contributed by atoms with Crippen molar-refractivity contribution in [3.8, 4) is 0 Å². The van der Waals surface area contributed by atoms with Crippen molar-refractivity contribution >= 4 is 11.9 Å². The molecule has 0 bridgehead atoms. The normalized spacial score (nSPS) is 27.0. The molecule has 0 amide bonds. The number of ether oxygens (including phenoxy) is 6. The molecule has 7 N–H and O–H groups in total. The molecule has 62 heavy (non-hydrogen) atoms. The van der Waals surface area contributed by atoms with Gasteiger partial charge >= 0.3 is 11.9 Å². The summed E-state index contributed by atoms with van der Waals surface area (Å²) in [6.07, 6.45) is 14.2. The van der Waals surface area contributed by atoms with E-state index < -0.39 is 92.7 Å². The molecule has 0 saturated carbocycles. The fourth-order valence-corrected chi connectivity index (χ4v) is 7.98. The van der Waals surface area contributed by atoms with Crippen LogP contribution in [0, 0.1) is 0 Å². The van der Waals surface area contributed by atoms with Crippen molar-refractivity contribution in [2.75, 3.05) is 26.4 Å². The highest BCUT2D eigenvalue weighted by molar-refractivity contribution is 5.70. The number of carbonyl (C=O) groups is 2. The van der Waals surface area contributed by atoms with Crippen LogP contribution in [0.15, 0.2) is 0 Å². The highest BCUT2D eigenvalue weighted by Crippen LogP contribution is 2.26. The summed E-state index contributed by atoms with van der Waals surface area (Å²) in [7, 11) is 0. The van der Waals surface area contributed by atoms with Gasteiger partial charge in [-0.05, 0) is 12.8 Å². The number of aliphatic hydroxyl groups is 7. The molecule has 2 rings (SSSR count). The Kier molecular flexibility index (Phi) is 32.6. The highest BCUT2D eigenvalue weighted by Gasteiger charge is 2.47. The summed E-state index contributed by atoms with van der Waals surface area (Å²) in [6.45, 7) is 2.60. The van der Waals surface area contributed by atoms with E-state index in [4.69, 9.17) is 28.4 Å². The quantitative estimate of drug-likeness (QED) is 0.0277. The molecule has 11 atom stereocenters. The van der Waals surface area contributed by atoms with Gasteiger partial charge in [0.15, 0.2) is 18.7 Å². The van der Waals surface area contributed by atoms with Crippen molar-refractivity contribution in [3.63, 3.8) is 0 Å². The van der Waals surface area contributed by atoms with Gasteiger partial charge in [-0.25, -0.2) is 0 Å². The van der Waals surface area contributed by atoms with E-state index in [0.717, 1.165) is 38.5 Å². The number of aliphatic hydroxyl groups excluding tert-OH is 7. The minimum Gasteiger partial charge on any atom is -0.462 e. The number of unbranched alkanes of at least 4 members (excludes halogenated alkanes) is 24. The Morgan fingerprint density at radius 2 is 0.823 bits per heavy atom. The Bertz CT molecular complexity index is 1100. The predicted octanol–water partition coefficient (Wildman–Crippen LogP) is 6.04. The summed E-state index contributed by atoms with van der Waals surface area (Å²) in [6, 6.07) is 0. The number of carbonyl (C=O) groups excluding carboxylic acids is 2. The van der Waals surface area contributed by atoms with Crippen molar-refractivity contribution in [2.24, 2.45) is 0 Å². The maximum Gasteiger partial charge on any atom is 0.306 e. The monoisotopic (exact) mass is 893 g/mol. The van der Waals surface area contributed by atoms with E-state index >= 15 is 0 Å². The number of hydrogen-bond acceptors (Lipinski definition) is 15. The van der Waals surface area contributed by atoms with E-state index in [1.165, 1.54) is 116 Å². The van der Waals surface area contributed by atoms with Gasteiger partial charge < -0.3 is 64.2 Å². The predicted molar refractivity (Wildman–Crippen MR) is 234 cm³/mol. The lowest BCUT2D eigenvalue weighted by Gasteiger charge is -2.42. The second-order valence-electron chi connectivity index (χ2n) is 17.7. The first-order chi connectivity index (χ1) is 30.0. The van der Waals surface area contributed by atoms with Crippen molar-refractivity contribution in [1.29, 1.82) is 0 Å². The summed E-state index contributed by atoms with van der Waals surface area (Å²) >= 11 is 0. The second kappa shape index (κ2) is 35.7. The molecule has 0 aliphatic carbocycles. The fraction of sp³-hybridized carbons (Fsp3) is 0.957. The first-order valence-electron chi connectivity index (χ1n) is 24.6. The lowest BCUT2D eigenvalue weighted by atomic mass is 9.98. The zero-order chi connectivity index (χ0) is 45.4. The van der Waals surface area contributed by atoms with E-state index in [2.05, 4.69) is 13.8 Å².